The van der Waals surface area contributed by atoms with Gasteiger partial charge >= 0.3 is 0 Å². The van der Waals surface area contributed by atoms with E-state index in [2.05, 4.69) is 106 Å². The summed E-state index contributed by atoms with van der Waals surface area (Å²) in [5, 5.41) is 2.08. The van der Waals surface area contributed by atoms with Crippen LogP contribution in [0.3, 0.4) is 0 Å². The van der Waals surface area contributed by atoms with Crippen LogP contribution in [0.4, 0.5) is 0 Å². The molecule has 1 unspecified atom stereocenters. The van der Waals surface area contributed by atoms with Gasteiger partial charge in [-0.1, -0.05) is 66.5 Å². The van der Waals surface area contributed by atoms with E-state index in [4.69, 9.17) is 4.98 Å². The van der Waals surface area contributed by atoms with Crippen LogP contribution >= 0.6 is 0 Å². The average molecular weight is 449 g/mol. The van der Waals surface area contributed by atoms with Crippen LogP contribution in [0.25, 0.3) is 49.8 Å². The number of nitrogens with zero attached hydrogens (tertiary/aromatic N) is 4. The molecule has 7 rings (SSSR count). The minimum absolute atomic E-state index is 0.168. The Bertz CT molecular complexity index is 1850. The summed E-state index contributed by atoms with van der Waals surface area (Å²) in [4.78, 5) is 14.4. The molecule has 3 aromatic heterocycles. The molecule has 4 heteroatoms. The van der Waals surface area contributed by atoms with Gasteiger partial charge in [0.2, 0.25) is 0 Å². The number of hydrogen-bond donors (Lipinski definition) is 0. The standard InChI is InChI=1S/C31H20N4/c1-35-30-26-9-5-19-33-28(26)27-25(8-4-18-32-27)29(30)34-31(35)24-16-14-23(15-17-24)22-12-10-20-6-2-3-7-21(20)11-13-22/h2-10,12,14-19,21H,1H3. The fraction of sp³-hybridized carbons (Fsp3) is 0.0645. The lowest BCUT2D eigenvalue weighted by Crippen LogP contribution is -1.97. The Morgan fingerprint density at radius 3 is 2.37 bits per heavy atom. The van der Waals surface area contributed by atoms with Gasteiger partial charge in [0.1, 0.15) is 5.82 Å². The van der Waals surface area contributed by atoms with E-state index in [0.29, 0.717) is 0 Å². The predicted molar refractivity (Wildman–Crippen MR) is 142 cm³/mol. The number of allylic oxidation sites excluding steroid dienone is 8. The molecule has 2 aromatic carbocycles. The first-order chi connectivity index (χ1) is 17.3. The maximum absolute atomic E-state index is 5.09. The van der Waals surface area contributed by atoms with E-state index in [-0.39, 0.29) is 5.92 Å². The molecule has 4 nitrogen and oxygen atoms in total. The zero-order valence-electron chi connectivity index (χ0n) is 19.1. The first kappa shape index (κ1) is 19.7. The van der Waals surface area contributed by atoms with E-state index < -0.39 is 0 Å². The summed E-state index contributed by atoms with van der Waals surface area (Å²) in [6, 6.07) is 16.6. The Morgan fingerprint density at radius 2 is 1.54 bits per heavy atom. The van der Waals surface area contributed by atoms with Crippen LogP contribution in [0, 0.1) is 17.8 Å². The highest BCUT2D eigenvalue weighted by molar-refractivity contribution is 6.21. The van der Waals surface area contributed by atoms with Gasteiger partial charge in [0, 0.05) is 41.4 Å². The lowest BCUT2D eigenvalue weighted by molar-refractivity contribution is 0.962. The van der Waals surface area contributed by atoms with Crippen LogP contribution in [-0.2, 0) is 7.05 Å². The maximum atomic E-state index is 5.09. The second-order valence-corrected chi connectivity index (χ2v) is 8.81. The van der Waals surface area contributed by atoms with Crippen molar-refractivity contribution in [2.45, 2.75) is 0 Å². The van der Waals surface area contributed by atoms with Crippen molar-refractivity contribution in [2.75, 3.05) is 0 Å². The molecule has 0 bridgehead atoms. The summed E-state index contributed by atoms with van der Waals surface area (Å²) in [6.45, 7) is 0. The monoisotopic (exact) mass is 448 g/mol. The number of fused-ring (bicyclic) bond motifs is 7. The molecule has 164 valence electrons. The van der Waals surface area contributed by atoms with Gasteiger partial charge in [0.15, 0.2) is 0 Å². The molecular weight excluding hydrogens is 428 g/mol. The van der Waals surface area contributed by atoms with Crippen LogP contribution in [-0.4, -0.2) is 19.5 Å². The van der Waals surface area contributed by atoms with Crippen molar-refractivity contribution in [3.8, 4) is 23.2 Å². The first-order valence-electron chi connectivity index (χ1n) is 11.6. The predicted octanol–water partition coefficient (Wildman–Crippen LogP) is 6.41. The van der Waals surface area contributed by atoms with Crippen LogP contribution in [0.2, 0.25) is 0 Å². The highest BCUT2D eigenvalue weighted by Gasteiger charge is 2.18. The number of aromatic nitrogens is 4. The van der Waals surface area contributed by atoms with Gasteiger partial charge in [-0.3, -0.25) is 9.97 Å². The van der Waals surface area contributed by atoms with E-state index in [1.165, 1.54) is 5.57 Å². The van der Waals surface area contributed by atoms with Crippen molar-refractivity contribution < 1.29 is 0 Å². The van der Waals surface area contributed by atoms with Gasteiger partial charge in [-0.25, -0.2) is 4.98 Å². The third-order valence-corrected chi connectivity index (χ3v) is 6.77. The first-order valence-corrected chi connectivity index (χ1v) is 11.6. The molecule has 2 aliphatic rings. The highest BCUT2D eigenvalue weighted by atomic mass is 15.1. The maximum Gasteiger partial charge on any atom is 0.140 e. The molecule has 0 saturated carbocycles. The minimum atomic E-state index is 0.168. The zero-order chi connectivity index (χ0) is 23.4. The van der Waals surface area contributed by atoms with E-state index >= 15 is 0 Å². The SMILES string of the molecule is Cn1c(-c2ccc(C3=CC=C4C=CC=CC4C#C3)cc2)nc2c3cccnc3c3ncccc3c21. The Kier molecular flexibility index (Phi) is 4.30. The normalized spacial score (nSPS) is 16.5. The van der Waals surface area contributed by atoms with Gasteiger partial charge in [-0.2, -0.15) is 0 Å². The molecule has 5 aromatic rings. The molecule has 2 aliphatic carbocycles. The fourth-order valence-corrected chi connectivity index (χ4v) is 5.01. The van der Waals surface area contributed by atoms with Crippen molar-refractivity contribution in [1.29, 1.82) is 0 Å². The Hall–Kier alpha value is -4.75. The second kappa shape index (κ2) is 7.65. The largest absolute Gasteiger partial charge is 0.327 e. The van der Waals surface area contributed by atoms with Crippen LogP contribution < -0.4 is 0 Å². The molecule has 0 amide bonds. The summed E-state index contributed by atoms with van der Waals surface area (Å²) in [5.41, 5.74) is 8.22. The highest BCUT2D eigenvalue weighted by Crippen LogP contribution is 2.35. The molecule has 3 heterocycles. The third kappa shape index (κ3) is 3.06. The number of hydrogen-bond acceptors (Lipinski definition) is 3. The lowest BCUT2D eigenvalue weighted by Gasteiger charge is -2.08. The molecule has 1 atom stereocenters. The number of rotatable bonds is 2. The molecule has 0 saturated heterocycles. The zero-order valence-corrected chi connectivity index (χ0v) is 19.1. The Labute approximate surface area is 202 Å². The molecule has 0 aliphatic heterocycles. The van der Waals surface area contributed by atoms with Gasteiger partial charge < -0.3 is 4.57 Å². The topological polar surface area (TPSA) is 43.6 Å². The summed E-state index contributed by atoms with van der Waals surface area (Å²) in [5.74, 6) is 7.84. The lowest BCUT2D eigenvalue weighted by atomic mass is 9.95. The molecular formula is C31H20N4. The molecule has 0 fully saturated rings. The molecule has 0 spiro atoms. The molecule has 0 N–H and O–H groups in total. The number of benzene rings is 2. The van der Waals surface area contributed by atoms with Crippen molar-refractivity contribution >= 4 is 38.4 Å². The summed E-state index contributed by atoms with van der Waals surface area (Å²) < 4.78 is 2.17. The van der Waals surface area contributed by atoms with E-state index in [1.807, 2.05) is 24.5 Å². The fourth-order valence-electron chi connectivity index (χ4n) is 5.01. The van der Waals surface area contributed by atoms with E-state index in [1.54, 1.807) is 0 Å². The summed E-state index contributed by atoms with van der Waals surface area (Å²) in [7, 11) is 2.07. The van der Waals surface area contributed by atoms with Crippen LogP contribution in [0.15, 0.2) is 103 Å². The summed E-state index contributed by atoms with van der Waals surface area (Å²) in [6.07, 6.45) is 16.3. The van der Waals surface area contributed by atoms with E-state index in [9.17, 15) is 0 Å². The van der Waals surface area contributed by atoms with Gasteiger partial charge in [0.05, 0.1) is 28.0 Å². The summed E-state index contributed by atoms with van der Waals surface area (Å²) >= 11 is 0. The van der Waals surface area contributed by atoms with Crippen LogP contribution in [0.1, 0.15) is 5.56 Å². The minimum Gasteiger partial charge on any atom is -0.327 e. The number of imidazole rings is 1. The average Bonchev–Trinajstić information content (AvgIpc) is 3.12. The molecule has 0 radical (unpaired) electrons. The van der Waals surface area contributed by atoms with Crippen LogP contribution in [0.5, 0.6) is 0 Å². The Morgan fingerprint density at radius 1 is 0.800 bits per heavy atom. The number of aryl methyl sites for hydroxylation is 1. The quantitative estimate of drug-likeness (QED) is 0.232. The van der Waals surface area contributed by atoms with Gasteiger partial charge in [-0.15, -0.1) is 0 Å². The van der Waals surface area contributed by atoms with Gasteiger partial charge in [-0.05, 0) is 41.5 Å². The smallest absolute Gasteiger partial charge is 0.140 e. The Balaban J connectivity index is 1.36. The third-order valence-electron chi connectivity index (χ3n) is 6.77. The molecule has 35 heavy (non-hydrogen) atoms. The van der Waals surface area contributed by atoms with Crippen molar-refractivity contribution in [2.24, 2.45) is 13.0 Å². The van der Waals surface area contributed by atoms with Crippen molar-refractivity contribution in [3.63, 3.8) is 0 Å². The second-order valence-electron chi connectivity index (χ2n) is 8.81. The van der Waals surface area contributed by atoms with E-state index in [0.717, 1.165) is 55.4 Å². The van der Waals surface area contributed by atoms with Gasteiger partial charge in [0.25, 0.3) is 0 Å². The van der Waals surface area contributed by atoms with Crippen molar-refractivity contribution in [3.05, 3.63) is 109 Å². The number of pyridine rings is 2. The van der Waals surface area contributed by atoms with Crippen molar-refractivity contribution in [1.82, 2.24) is 19.5 Å².